The summed E-state index contributed by atoms with van der Waals surface area (Å²) in [6, 6.07) is 6.43. The van der Waals surface area contributed by atoms with Gasteiger partial charge in [0.2, 0.25) is 5.91 Å². The molecule has 2 N–H and O–H groups in total. The van der Waals surface area contributed by atoms with Gasteiger partial charge in [-0.3, -0.25) is 9.89 Å². The number of H-pyrrole nitrogens is 1. The predicted octanol–water partition coefficient (Wildman–Crippen LogP) is 1.46. The predicted molar refractivity (Wildman–Crippen MR) is 72.0 cm³/mol. The van der Waals surface area contributed by atoms with E-state index in [1.54, 1.807) is 24.4 Å². The number of nitrogens with zero attached hydrogens (tertiary/aromatic N) is 1. The molecule has 1 aromatic carbocycles. The highest BCUT2D eigenvalue weighted by molar-refractivity contribution is 5.78. The summed E-state index contributed by atoms with van der Waals surface area (Å²) >= 11 is 0. The van der Waals surface area contributed by atoms with Crippen LogP contribution in [0.2, 0.25) is 0 Å². The maximum atomic E-state index is 13.2. The van der Waals surface area contributed by atoms with E-state index in [4.69, 9.17) is 4.74 Å². The molecule has 20 heavy (non-hydrogen) atoms. The molecule has 0 saturated carbocycles. The number of ether oxygens (including phenoxy) is 1. The van der Waals surface area contributed by atoms with Crippen LogP contribution in [0, 0.1) is 5.82 Å². The molecule has 0 unspecified atom stereocenters. The van der Waals surface area contributed by atoms with Crippen LogP contribution in [0.15, 0.2) is 30.5 Å². The molecule has 0 bridgehead atoms. The Morgan fingerprint density at radius 1 is 1.45 bits per heavy atom. The molecule has 0 atom stereocenters. The van der Waals surface area contributed by atoms with Gasteiger partial charge in [0.05, 0.1) is 13.5 Å². The van der Waals surface area contributed by atoms with Crippen LogP contribution < -0.4 is 10.1 Å². The van der Waals surface area contributed by atoms with Gasteiger partial charge in [0, 0.05) is 18.4 Å². The van der Waals surface area contributed by atoms with Crippen molar-refractivity contribution in [2.45, 2.75) is 12.8 Å². The molecule has 1 aromatic heterocycles. The maximum Gasteiger partial charge on any atom is 0.226 e. The first kappa shape index (κ1) is 14.0. The van der Waals surface area contributed by atoms with Crippen molar-refractivity contribution in [1.82, 2.24) is 15.5 Å². The zero-order valence-electron chi connectivity index (χ0n) is 11.1. The van der Waals surface area contributed by atoms with E-state index in [-0.39, 0.29) is 23.9 Å². The minimum atomic E-state index is -0.389. The molecule has 5 nitrogen and oxygen atoms in total. The highest BCUT2D eigenvalue weighted by atomic mass is 19.1. The van der Waals surface area contributed by atoms with Crippen molar-refractivity contribution in [3.8, 4) is 5.75 Å². The first-order chi connectivity index (χ1) is 9.69. The van der Waals surface area contributed by atoms with E-state index < -0.39 is 0 Å². The summed E-state index contributed by atoms with van der Waals surface area (Å²) in [6.07, 6.45) is 2.49. The molecular weight excluding hydrogens is 261 g/mol. The summed E-state index contributed by atoms with van der Waals surface area (Å²) < 4.78 is 18.1. The highest BCUT2D eigenvalue weighted by Gasteiger charge is 2.06. The van der Waals surface area contributed by atoms with Gasteiger partial charge in [0.15, 0.2) is 11.6 Å². The Morgan fingerprint density at radius 2 is 2.30 bits per heavy atom. The van der Waals surface area contributed by atoms with Gasteiger partial charge < -0.3 is 10.1 Å². The zero-order valence-corrected chi connectivity index (χ0v) is 11.1. The first-order valence-corrected chi connectivity index (χ1v) is 6.26. The lowest BCUT2D eigenvalue weighted by Gasteiger charge is -2.07. The number of amides is 1. The van der Waals surface area contributed by atoms with Gasteiger partial charge in [-0.1, -0.05) is 6.07 Å². The molecule has 0 aliphatic carbocycles. The zero-order chi connectivity index (χ0) is 14.4. The van der Waals surface area contributed by atoms with Crippen molar-refractivity contribution < 1.29 is 13.9 Å². The van der Waals surface area contributed by atoms with Crippen molar-refractivity contribution in [1.29, 1.82) is 0 Å². The van der Waals surface area contributed by atoms with E-state index in [2.05, 4.69) is 15.5 Å². The molecule has 0 radical (unpaired) electrons. The molecular formula is C14H16FN3O2. The number of aromatic amines is 1. The number of aromatic nitrogens is 2. The lowest BCUT2D eigenvalue weighted by atomic mass is 10.1. The van der Waals surface area contributed by atoms with Gasteiger partial charge in [-0.25, -0.2) is 4.39 Å². The van der Waals surface area contributed by atoms with Gasteiger partial charge >= 0.3 is 0 Å². The van der Waals surface area contributed by atoms with Crippen molar-refractivity contribution in [3.63, 3.8) is 0 Å². The van der Waals surface area contributed by atoms with E-state index in [0.717, 1.165) is 11.3 Å². The summed E-state index contributed by atoms with van der Waals surface area (Å²) in [6.45, 7) is 0.488. The Morgan fingerprint density at radius 3 is 3.00 bits per heavy atom. The molecule has 2 aromatic rings. The van der Waals surface area contributed by atoms with E-state index >= 15 is 0 Å². The normalized spacial score (nSPS) is 10.3. The molecule has 0 fully saturated rings. The largest absolute Gasteiger partial charge is 0.494 e. The molecule has 0 aliphatic rings. The minimum absolute atomic E-state index is 0.0803. The lowest BCUT2D eigenvalue weighted by Crippen LogP contribution is -2.27. The number of carbonyl (C=O) groups is 1. The fraction of sp³-hybridized carbons (Fsp3) is 0.286. The van der Waals surface area contributed by atoms with Gasteiger partial charge in [-0.15, -0.1) is 0 Å². The van der Waals surface area contributed by atoms with Crippen molar-refractivity contribution in [3.05, 3.63) is 47.5 Å². The second kappa shape index (κ2) is 6.70. The Labute approximate surface area is 116 Å². The van der Waals surface area contributed by atoms with Crippen LogP contribution in [-0.2, 0) is 17.6 Å². The van der Waals surface area contributed by atoms with Gasteiger partial charge in [-0.2, -0.15) is 5.10 Å². The SMILES string of the molecule is COc1cc(CCNC(=O)Cc2ccn[nH]2)ccc1F. The molecule has 0 aliphatic heterocycles. The van der Waals surface area contributed by atoms with Crippen molar-refractivity contribution >= 4 is 5.91 Å². The Balaban J connectivity index is 1.79. The van der Waals surface area contributed by atoms with Crippen LogP contribution in [0.3, 0.4) is 0 Å². The van der Waals surface area contributed by atoms with Crippen molar-refractivity contribution in [2.75, 3.05) is 13.7 Å². The molecule has 0 saturated heterocycles. The molecule has 0 spiro atoms. The molecule has 1 amide bonds. The number of hydrogen-bond acceptors (Lipinski definition) is 3. The number of rotatable bonds is 6. The standard InChI is InChI=1S/C14H16FN3O2/c1-20-13-8-10(2-3-12(13)15)4-6-16-14(19)9-11-5-7-17-18-11/h2-3,5,7-8H,4,6,9H2,1H3,(H,16,19)(H,17,18). The molecule has 6 heteroatoms. The number of hydrogen-bond donors (Lipinski definition) is 2. The molecule has 2 rings (SSSR count). The lowest BCUT2D eigenvalue weighted by molar-refractivity contribution is -0.120. The minimum Gasteiger partial charge on any atom is -0.494 e. The third kappa shape index (κ3) is 3.81. The Kier molecular flexibility index (Phi) is 4.70. The van der Waals surface area contributed by atoms with E-state index in [1.807, 2.05) is 0 Å². The molecule has 1 heterocycles. The first-order valence-electron chi connectivity index (χ1n) is 6.26. The van der Waals surface area contributed by atoms with Gasteiger partial charge in [0.25, 0.3) is 0 Å². The maximum absolute atomic E-state index is 13.2. The third-order valence-electron chi connectivity index (χ3n) is 2.86. The monoisotopic (exact) mass is 277 g/mol. The van der Waals surface area contributed by atoms with Crippen LogP contribution in [0.5, 0.6) is 5.75 Å². The van der Waals surface area contributed by atoms with Crippen LogP contribution in [-0.4, -0.2) is 29.8 Å². The smallest absolute Gasteiger partial charge is 0.226 e. The average molecular weight is 277 g/mol. The van der Waals surface area contributed by atoms with Crippen molar-refractivity contribution in [2.24, 2.45) is 0 Å². The average Bonchev–Trinajstić information content (AvgIpc) is 2.93. The quantitative estimate of drug-likeness (QED) is 0.840. The Hall–Kier alpha value is -2.37. The third-order valence-corrected chi connectivity index (χ3v) is 2.86. The van der Waals surface area contributed by atoms with Gasteiger partial charge in [0.1, 0.15) is 0 Å². The van der Waals surface area contributed by atoms with E-state index in [1.165, 1.54) is 13.2 Å². The second-order valence-electron chi connectivity index (χ2n) is 4.33. The fourth-order valence-corrected chi connectivity index (χ4v) is 1.82. The summed E-state index contributed by atoms with van der Waals surface area (Å²) in [5.74, 6) is -0.255. The topological polar surface area (TPSA) is 67.0 Å². The summed E-state index contributed by atoms with van der Waals surface area (Å²) in [7, 11) is 1.42. The summed E-state index contributed by atoms with van der Waals surface area (Å²) in [5, 5.41) is 9.30. The summed E-state index contributed by atoms with van der Waals surface area (Å²) in [5.41, 5.74) is 1.68. The van der Waals surface area contributed by atoms with Crippen LogP contribution in [0.4, 0.5) is 4.39 Å². The fourth-order valence-electron chi connectivity index (χ4n) is 1.82. The van der Waals surface area contributed by atoms with Crippen LogP contribution in [0.25, 0.3) is 0 Å². The van der Waals surface area contributed by atoms with E-state index in [0.29, 0.717) is 13.0 Å². The highest BCUT2D eigenvalue weighted by Crippen LogP contribution is 2.18. The van der Waals surface area contributed by atoms with E-state index in [9.17, 15) is 9.18 Å². The molecule has 106 valence electrons. The second-order valence-corrected chi connectivity index (χ2v) is 4.33. The van der Waals surface area contributed by atoms with Crippen LogP contribution >= 0.6 is 0 Å². The number of nitrogens with one attached hydrogen (secondary N) is 2. The number of halogens is 1. The summed E-state index contributed by atoms with van der Waals surface area (Å²) in [4.78, 5) is 11.6. The number of benzene rings is 1. The Bertz CT molecular complexity index is 570. The number of methoxy groups -OCH3 is 1. The van der Waals surface area contributed by atoms with Crippen LogP contribution in [0.1, 0.15) is 11.3 Å². The number of carbonyl (C=O) groups excluding carboxylic acids is 1. The van der Waals surface area contributed by atoms with Gasteiger partial charge in [-0.05, 0) is 30.2 Å².